The first-order valence-corrected chi connectivity index (χ1v) is 6.10. The molecule has 1 aliphatic rings. The quantitative estimate of drug-likeness (QED) is 0.459. The van der Waals surface area contributed by atoms with Gasteiger partial charge in [-0.1, -0.05) is 5.92 Å². The summed E-state index contributed by atoms with van der Waals surface area (Å²) < 4.78 is 37.8. The van der Waals surface area contributed by atoms with Gasteiger partial charge in [-0.25, -0.2) is 0 Å². The van der Waals surface area contributed by atoms with Crippen molar-refractivity contribution in [2.75, 3.05) is 39.8 Å². The first-order chi connectivity index (χ1) is 8.90. The Kier molecular flexibility index (Phi) is 5.48. The van der Waals surface area contributed by atoms with Crippen LogP contribution >= 0.6 is 0 Å². The van der Waals surface area contributed by atoms with Crippen molar-refractivity contribution in [1.82, 2.24) is 15.1 Å². The molecule has 108 valence electrons. The average Bonchev–Trinajstić information content (AvgIpc) is 2.38. The minimum absolute atomic E-state index is 0.353. The molecule has 1 unspecified atom stereocenters. The molecular weight excluding hydrogens is 257 g/mol. The Bertz CT molecular complexity index is 351. The third-order valence-corrected chi connectivity index (χ3v) is 3.20. The first-order valence-electron chi connectivity index (χ1n) is 6.10. The van der Waals surface area contributed by atoms with Gasteiger partial charge in [0.2, 0.25) is 0 Å². The van der Waals surface area contributed by atoms with Gasteiger partial charge in [0.15, 0.2) is 5.96 Å². The Labute approximate surface area is 111 Å². The second-order valence-corrected chi connectivity index (χ2v) is 4.35. The lowest BCUT2D eigenvalue weighted by Crippen LogP contribution is -2.56. The maximum absolute atomic E-state index is 12.6. The Morgan fingerprint density at radius 2 is 1.95 bits per heavy atom. The highest BCUT2D eigenvalue weighted by Crippen LogP contribution is 2.25. The molecule has 0 aromatic rings. The lowest BCUT2D eigenvalue weighted by atomic mass is 10.2. The van der Waals surface area contributed by atoms with Crippen LogP contribution in [0.2, 0.25) is 0 Å². The minimum atomic E-state index is -4.18. The van der Waals surface area contributed by atoms with Crippen LogP contribution in [0.3, 0.4) is 0 Å². The van der Waals surface area contributed by atoms with Gasteiger partial charge in [0, 0.05) is 33.2 Å². The van der Waals surface area contributed by atoms with Gasteiger partial charge in [0.05, 0.1) is 6.54 Å². The van der Waals surface area contributed by atoms with Gasteiger partial charge in [-0.05, 0) is 6.92 Å². The van der Waals surface area contributed by atoms with Crippen LogP contribution in [-0.2, 0) is 0 Å². The third kappa shape index (κ3) is 4.31. The van der Waals surface area contributed by atoms with Crippen LogP contribution in [-0.4, -0.2) is 67.7 Å². The van der Waals surface area contributed by atoms with Gasteiger partial charge in [-0.15, -0.1) is 6.42 Å². The summed E-state index contributed by atoms with van der Waals surface area (Å²) in [6.45, 7) is 3.27. The highest BCUT2D eigenvalue weighted by molar-refractivity contribution is 5.80. The summed E-state index contributed by atoms with van der Waals surface area (Å²) in [5.74, 6) is 3.08. The maximum Gasteiger partial charge on any atom is 0.403 e. The summed E-state index contributed by atoms with van der Waals surface area (Å²) in [6, 6.07) is -1.41. The number of halogens is 3. The van der Waals surface area contributed by atoms with E-state index >= 15 is 0 Å². The summed E-state index contributed by atoms with van der Waals surface area (Å²) in [5.41, 5.74) is 0. The van der Waals surface area contributed by atoms with Gasteiger partial charge >= 0.3 is 6.18 Å². The van der Waals surface area contributed by atoms with Gasteiger partial charge in [-0.2, -0.15) is 13.2 Å². The Morgan fingerprint density at radius 3 is 2.37 bits per heavy atom. The fourth-order valence-corrected chi connectivity index (χ4v) is 1.99. The average molecular weight is 276 g/mol. The molecule has 1 rings (SSSR count). The van der Waals surface area contributed by atoms with Crippen LogP contribution in [0, 0.1) is 12.3 Å². The fourth-order valence-electron chi connectivity index (χ4n) is 1.99. The van der Waals surface area contributed by atoms with Crippen molar-refractivity contribution >= 4 is 5.96 Å². The zero-order chi connectivity index (χ0) is 14.5. The number of rotatable bonds is 2. The molecule has 1 saturated heterocycles. The van der Waals surface area contributed by atoms with E-state index in [-0.39, 0.29) is 0 Å². The van der Waals surface area contributed by atoms with Crippen molar-refractivity contribution in [1.29, 1.82) is 0 Å². The van der Waals surface area contributed by atoms with E-state index in [1.54, 1.807) is 7.05 Å². The summed E-state index contributed by atoms with van der Waals surface area (Å²) in [4.78, 5) is 7.41. The van der Waals surface area contributed by atoms with Crippen LogP contribution in [0.1, 0.15) is 6.92 Å². The zero-order valence-corrected chi connectivity index (χ0v) is 11.2. The Balaban J connectivity index is 2.51. The lowest BCUT2D eigenvalue weighted by molar-refractivity contribution is -0.181. The summed E-state index contributed by atoms with van der Waals surface area (Å²) in [5, 5.41) is 2.96. The van der Waals surface area contributed by atoms with Crippen molar-refractivity contribution in [3.8, 4) is 12.3 Å². The number of nitrogens with zero attached hydrogens (tertiary/aromatic N) is 3. The molecule has 0 aromatic heterocycles. The maximum atomic E-state index is 12.6. The number of guanidine groups is 1. The SMILES string of the molecule is C#CCNC(=NC)N1CCN(C(C)C(F)(F)F)CC1. The molecule has 0 aromatic carbocycles. The molecule has 1 aliphatic heterocycles. The molecule has 0 saturated carbocycles. The summed E-state index contributed by atoms with van der Waals surface area (Å²) >= 11 is 0. The Hall–Kier alpha value is -1.42. The summed E-state index contributed by atoms with van der Waals surface area (Å²) in [7, 11) is 1.63. The number of nitrogens with one attached hydrogen (secondary N) is 1. The summed E-state index contributed by atoms with van der Waals surface area (Å²) in [6.07, 6.45) is 0.976. The molecule has 0 bridgehead atoms. The predicted octanol–water partition coefficient (Wildman–Crippen LogP) is 0.763. The predicted molar refractivity (Wildman–Crippen MR) is 68.9 cm³/mol. The number of hydrogen-bond acceptors (Lipinski definition) is 2. The molecule has 4 nitrogen and oxygen atoms in total. The topological polar surface area (TPSA) is 30.9 Å². The van der Waals surface area contributed by atoms with E-state index in [0.29, 0.717) is 38.7 Å². The van der Waals surface area contributed by atoms with Crippen LogP contribution < -0.4 is 5.32 Å². The fraction of sp³-hybridized carbons (Fsp3) is 0.750. The van der Waals surface area contributed by atoms with E-state index in [9.17, 15) is 13.2 Å². The second-order valence-electron chi connectivity index (χ2n) is 4.35. The molecule has 1 heterocycles. The van der Waals surface area contributed by atoms with Gasteiger partial charge in [0.25, 0.3) is 0 Å². The highest BCUT2D eigenvalue weighted by atomic mass is 19.4. The highest BCUT2D eigenvalue weighted by Gasteiger charge is 2.40. The molecule has 0 aliphatic carbocycles. The van der Waals surface area contributed by atoms with Crippen LogP contribution in [0.25, 0.3) is 0 Å². The largest absolute Gasteiger partial charge is 0.403 e. The van der Waals surface area contributed by atoms with Gasteiger partial charge in [0.1, 0.15) is 6.04 Å². The Morgan fingerprint density at radius 1 is 1.37 bits per heavy atom. The van der Waals surface area contributed by atoms with Crippen molar-refractivity contribution in [3.05, 3.63) is 0 Å². The molecule has 0 radical (unpaired) electrons. The van der Waals surface area contributed by atoms with Crippen molar-refractivity contribution < 1.29 is 13.2 Å². The number of piperazine rings is 1. The zero-order valence-electron chi connectivity index (χ0n) is 11.2. The third-order valence-electron chi connectivity index (χ3n) is 3.20. The minimum Gasteiger partial charge on any atom is -0.345 e. The molecule has 1 atom stereocenters. The number of alkyl halides is 3. The van der Waals surface area contributed by atoms with E-state index in [4.69, 9.17) is 6.42 Å². The first kappa shape index (κ1) is 15.6. The second kappa shape index (κ2) is 6.66. The van der Waals surface area contributed by atoms with Crippen molar-refractivity contribution in [2.45, 2.75) is 19.1 Å². The number of terminal acetylenes is 1. The number of aliphatic imine (C=N–C) groups is 1. The van der Waals surface area contributed by atoms with E-state index in [2.05, 4.69) is 16.2 Å². The lowest BCUT2D eigenvalue weighted by Gasteiger charge is -2.39. The van der Waals surface area contributed by atoms with Gasteiger partial charge < -0.3 is 10.2 Å². The van der Waals surface area contributed by atoms with Crippen LogP contribution in [0.4, 0.5) is 13.2 Å². The smallest absolute Gasteiger partial charge is 0.345 e. The monoisotopic (exact) mass is 276 g/mol. The van der Waals surface area contributed by atoms with Gasteiger partial charge in [-0.3, -0.25) is 9.89 Å². The van der Waals surface area contributed by atoms with Crippen LogP contribution in [0.5, 0.6) is 0 Å². The molecular formula is C12H19F3N4. The van der Waals surface area contributed by atoms with Crippen LogP contribution in [0.15, 0.2) is 4.99 Å². The van der Waals surface area contributed by atoms with Crippen molar-refractivity contribution in [2.24, 2.45) is 4.99 Å². The molecule has 7 heteroatoms. The number of hydrogen-bond donors (Lipinski definition) is 1. The normalized spacial score (nSPS) is 20.0. The van der Waals surface area contributed by atoms with E-state index in [0.717, 1.165) is 0 Å². The molecule has 1 N–H and O–H groups in total. The van der Waals surface area contributed by atoms with Crippen molar-refractivity contribution in [3.63, 3.8) is 0 Å². The van der Waals surface area contributed by atoms with E-state index in [1.165, 1.54) is 11.8 Å². The molecule has 1 fully saturated rings. The van der Waals surface area contributed by atoms with E-state index < -0.39 is 12.2 Å². The molecule has 0 spiro atoms. The van der Waals surface area contributed by atoms with E-state index in [1.807, 2.05) is 4.90 Å². The molecule has 19 heavy (non-hydrogen) atoms. The molecule has 0 amide bonds. The standard InChI is InChI=1S/C12H19F3N4/c1-4-5-17-11(16-3)19-8-6-18(7-9-19)10(2)12(13,14)15/h1,10H,5-9H2,2-3H3,(H,16,17).